The third-order valence-corrected chi connectivity index (χ3v) is 1.37. The van der Waals surface area contributed by atoms with Gasteiger partial charge in [0.25, 0.3) is 0 Å². The van der Waals surface area contributed by atoms with Crippen molar-refractivity contribution in [3.8, 4) is 0 Å². The minimum absolute atomic E-state index is 0.109. The van der Waals surface area contributed by atoms with Crippen molar-refractivity contribution in [2.45, 2.75) is 52.2 Å². The molecule has 0 aromatic rings. The highest BCUT2D eigenvalue weighted by Crippen LogP contribution is 2.05. The Labute approximate surface area is 76.0 Å². The van der Waals surface area contributed by atoms with E-state index < -0.39 is 0 Å². The van der Waals surface area contributed by atoms with E-state index >= 15 is 0 Å². The fourth-order valence-electron chi connectivity index (χ4n) is 0.704. The first-order chi connectivity index (χ1) is 5.45. The van der Waals surface area contributed by atoms with Crippen molar-refractivity contribution in [3.63, 3.8) is 0 Å². The molecule has 0 aromatic carbocycles. The molecule has 1 atom stereocenters. The number of hydrogen-bond acceptors (Lipinski definition) is 2. The Balaban J connectivity index is 3.43. The molecule has 0 saturated carbocycles. The maximum Gasteiger partial charge on any atom is 0.0813 e. The van der Waals surface area contributed by atoms with Crippen LogP contribution in [0.3, 0.4) is 0 Å². The summed E-state index contributed by atoms with van der Waals surface area (Å²) in [4.78, 5) is 5.40. The van der Waals surface area contributed by atoms with Crippen molar-refractivity contribution < 1.29 is 4.84 Å². The molecule has 0 rings (SSSR count). The summed E-state index contributed by atoms with van der Waals surface area (Å²) in [6, 6.07) is 0.391. The van der Waals surface area contributed by atoms with Gasteiger partial charge in [-0.05, 0) is 40.5 Å². The SMILES string of the molecule is C=CCCC(C)NOC(C)(C)C. The highest BCUT2D eigenvalue weighted by Gasteiger charge is 2.11. The molecule has 2 nitrogen and oxygen atoms in total. The second-order valence-corrected chi connectivity index (χ2v) is 4.10. The average molecular weight is 171 g/mol. The molecular weight excluding hydrogens is 150 g/mol. The monoisotopic (exact) mass is 171 g/mol. The van der Waals surface area contributed by atoms with E-state index in [0.29, 0.717) is 6.04 Å². The Hall–Kier alpha value is -0.340. The van der Waals surface area contributed by atoms with E-state index in [9.17, 15) is 0 Å². The van der Waals surface area contributed by atoms with Gasteiger partial charge in [-0.2, -0.15) is 5.48 Å². The number of allylic oxidation sites excluding steroid dienone is 1. The van der Waals surface area contributed by atoms with Gasteiger partial charge in [-0.3, -0.25) is 4.84 Å². The molecule has 0 spiro atoms. The molecule has 0 saturated heterocycles. The molecule has 0 aliphatic rings. The molecule has 1 N–H and O–H groups in total. The van der Waals surface area contributed by atoms with Gasteiger partial charge >= 0.3 is 0 Å². The van der Waals surface area contributed by atoms with Crippen molar-refractivity contribution in [1.29, 1.82) is 0 Å². The van der Waals surface area contributed by atoms with Crippen LogP contribution < -0.4 is 5.48 Å². The molecule has 0 aromatic heterocycles. The molecular formula is C10H21NO. The Bertz CT molecular complexity index is 126. The molecule has 0 bridgehead atoms. The molecule has 0 heterocycles. The molecule has 0 aliphatic carbocycles. The fraction of sp³-hybridized carbons (Fsp3) is 0.800. The van der Waals surface area contributed by atoms with E-state index in [-0.39, 0.29) is 5.60 Å². The highest BCUT2D eigenvalue weighted by molar-refractivity contribution is 4.69. The van der Waals surface area contributed by atoms with E-state index in [1.807, 2.05) is 26.8 Å². The quantitative estimate of drug-likeness (QED) is 0.507. The van der Waals surface area contributed by atoms with Gasteiger partial charge in [-0.25, -0.2) is 0 Å². The maximum atomic E-state index is 5.40. The van der Waals surface area contributed by atoms with E-state index in [0.717, 1.165) is 12.8 Å². The first kappa shape index (κ1) is 11.7. The van der Waals surface area contributed by atoms with Crippen LogP contribution in [0.5, 0.6) is 0 Å². The Morgan fingerprint density at radius 3 is 2.50 bits per heavy atom. The second kappa shape index (κ2) is 5.33. The van der Waals surface area contributed by atoms with Crippen molar-refractivity contribution in [2.24, 2.45) is 0 Å². The molecule has 0 aliphatic heterocycles. The lowest BCUT2D eigenvalue weighted by Gasteiger charge is -2.22. The van der Waals surface area contributed by atoms with Gasteiger partial charge in [-0.1, -0.05) is 6.08 Å². The lowest BCUT2D eigenvalue weighted by molar-refractivity contribution is -0.0866. The predicted molar refractivity (Wildman–Crippen MR) is 52.9 cm³/mol. The van der Waals surface area contributed by atoms with Crippen molar-refractivity contribution in [2.75, 3.05) is 0 Å². The van der Waals surface area contributed by atoms with E-state index in [2.05, 4.69) is 19.0 Å². The van der Waals surface area contributed by atoms with Crippen molar-refractivity contribution in [1.82, 2.24) is 5.48 Å². The van der Waals surface area contributed by atoms with Gasteiger partial charge in [0.05, 0.1) is 5.60 Å². The van der Waals surface area contributed by atoms with E-state index in [1.165, 1.54) is 0 Å². The summed E-state index contributed by atoms with van der Waals surface area (Å²) >= 11 is 0. The number of hydrogen-bond donors (Lipinski definition) is 1. The van der Waals surface area contributed by atoms with Gasteiger partial charge < -0.3 is 0 Å². The van der Waals surface area contributed by atoms with Gasteiger partial charge in [0.2, 0.25) is 0 Å². The van der Waals surface area contributed by atoms with Crippen LogP contribution in [-0.4, -0.2) is 11.6 Å². The first-order valence-electron chi connectivity index (χ1n) is 4.50. The van der Waals surface area contributed by atoms with Crippen molar-refractivity contribution in [3.05, 3.63) is 12.7 Å². The number of hydroxylamine groups is 1. The van der Waals surface area contributed by atoms with Crippen LogP contribution >= 0.6 is 0 Å². The summed E-state index contributed by atoms with van der Waals surface area (Å²) in [5.74, 6) is 0. The third kappa shape index (κ3) is 7.76. The van der Waals surface area contributed by atoms with Crippen LogP contribution in [0.25, 0.3) is 0 Å². The van der Waals surface area contributed by atoms with Crippen molar-refractivity contribution >= 4 is 0 Å². The summed E-state index contributed by atoms with van der Waals surface area (Å²) < 4.78 is 0. The van der Waals surface area contributed by atoms with Crippen LogP contribution in [0.15, 0.2) is 12.7 Å². The molecule has 72 valence electrons. The van der Waals surface area contributed by atoms with Gasteiger partial charge in [-0.15, -0.1) is 6.58 Å². The summed E-state index contributed by atoms with van der Waals surface area (Å²) in [6.45, 7) is 11.9. The predicted octanol–water partition coefficient (Wildman–Crippen LogP) is 2.66. The minimum atomic E-state index is -0.109. The lowest BCUT2D eigenvalue weighted by atomic mass is 10.2. The zero-order valence-electron chi connectivity index (χ0n) is 8.68. The van der Waals surface area contributed by atoms with E-state index in [4.69, 9.17) is 4.84 Å². The molecule has 0 radical (unpaired) electrons. The number of nitrogens with one attached hydrogen (secondary N) is 1. The van der Waals surface area contributed by atoms with Crippen LogP contribution in [0.4, 0.5) is 0 Å². The van der Waals surface area contributed by atoms with Gasteiger partial charge in [0, 0.05) is 6.04 Å². The standard InChI is InChI=1S/C10H21NO/c1-6-7-8-9(2)11-12-10(3,4)5/h6,9,11H,1,7-8H2,2-5H3. The summed E-state index contributed by atoms with van der Waals surface area (Å²) in [5.41, 5.74) is 2.90. The normalized spacial score (nSPS) is 14.3. The smallest absolute Gasteiger partial charge is 0.0813 e. The summed E-state index contributed by atoms with van der Waals surface area (Å²) in [7, 11) is 0. The van der Waals surface area contributed by atoms with Crippen LogP contribution in [0.1, 0.15) is 40.5 Å². The Morgan fingerprint density at radius 2 is 2.08 bits per heavy atom. The molecule has 0 amide bonds. The third-order valence-electron chi connectivity index (χ3n) is 1.37. The van der Waals surface area contributed by atoms with Crippen LogP contribution in [0.2, 0.25) is 0 Å². The average Bonchev–Trinajstić information content (AvgIpc) is 1.95. The molecule has 0 fully saturated rings. The second-order valence-electron chi connectivity index (χ2n) is 4.10. The molecule has 1 unspecified atom stereocenters. The van der Waals surface area contributed by atoms with Crippen LogP contribution in [0, 0.1) is 0 Å². The van der Waals surface area contributed by atoms with Crippen LogP contribution in [-0.2, 0) is 4.84 Å². The fourth-order valence-corrected chi connectivity index (χ4v) is 0.704. The lowest BCUT2D eigenvalue weighted by Crippen LogP contribution is -2.34. The molecule has 12 heavy (non-hydrogen) atoms. The first-order valence-corrected chi connectivity index (χ1v) is 4.50. The summed E-state index contributed by atoms with van der Waals surface area (Å²) in [5, 5.41) is 0. The largest absolute Gasteiger partial charge is 0.296 e. The minimum Gasteiger partial charge on any atom is -0.296 e. The highest BCUT2D eigenvalue weighted by atomic mass is 16.7. The Kier molecular flexibility index (Phi) is 5.18. The number of rotatable bonds is 5. The Morgan fingerprint density at radius 1 is 1.50 bits per heavy atom. The zero-order chi connectivity index (χ0) is 9.61. The molecule has 2 heteroatoms. The topological polar surface area (TPSA) is 21.3 Å². The van der Waals surface area contributed by atoms with Gasteiger partial charge in [0.1, 0.15) is 0 Å². The maximum absolute atomic E-state index is 5.40. The van der Waals surface area contributed by atoms with Gasteiger partial charge in [0.15, 0.2) is 0 Å². The van der Waals surface area contributed by atoms with E-state index in [1.54, 1.807) is 0 Å². The summed E-state index contributed by atoms with van der Waals surface area (Å²) in [6.07, 6.45) is 4.02. The zero-order valence-corrected chi connectivity index (χ0v) is 8.68.